The first-order chi connectivity index (χ1) is 7.13. The molecule has 0 saturated heterocycles. The van der Waals surface area contributed by atoms with Crippen LogP contribution in [0.5, 0.6) is 0 Å². The van der Waals surface area contributed by atoms with Gasteiger partial charge >= 0.3 is 5.97 Å². The third kappa shape index (κ3) is 1.40. The third-order valence-electron chi connectivity index (χ3n) is 2.29. The molecule has 0 radical (unpaired) electrons. The summed E-state index contributed by atoms with van der Waals surface area (Å²) in [6, 6.07) is 4.86. The molecule has 1 N–H and O–H groups in total. The lowest BCUT2D eigenvalue weighted by atomic mass is 10.1. The van der Waals surface area contributed by atoms with Crippen molar-refractivity contribution in [1.82, 2.24) is 0 Å². The molecule has 2 rings (SSSR count). The average molecular weight is 203 g/mol. The lowest BCUT2D eigenvalue weighted by Crippen LogP contribution is -2.02. The molecule has 0 atom stereocenters. The number of carbonyl (C=O) groups excluding carboxylic acids is 2. The number of hydrogen-bond donors (Lipinski definition) is 1. The Labute approximate surface area is 86.5 Å². The maximum Gasteiger partial charge on any atom is 0.337 e. The smallest absolute Gasteiger partial charge is 0.337 e. The number of esters is 1. The standard InChI is InChI=1S/C11H9NO3/c1-6-8-5-7(11(14)15-2)3-4-9(8)12-10(6)13/h3-5H,1H2,2H3,(H,12,13). The van der Waals surface area contributed by atoms with E-state index in [2.05, 4.69) is 16.6 Å². The molecule has 15 heavy (non-hydrogen) atoms. The number of anilines is 1. The molecule has 1 aliphatic rings. The number of ether oxygens (including phenoxy) is 1. The fourth-order valence-electron chi connectivity index (χ4n) is 1.47. The molecule has 1 amide bonds. The van der Waals surface area contributed by atoms with E-state index in [1.807, 2.05) is 0 Å². The van der Waals surface area contributed by atoms with Crippen LogP contribution in [0.4, 0.5) is 5.69 Å². The van der Waals surface area contributed by atoms with E-state index in [0.717, 1.165) is 0 Å². The van der Waals surface area contributed by atoms with Crippen molar-refractivity contribution in [2.24, 2.45) is 0 Å². The first kappa shape index (κ1) is 9.45. The second kappa shape index (κ2) is 3.24. The lowest BCUT2D eigenvalue weighted by Gasteiger charge is -2.01. The maximum atomic E-state index is 11.3. The molecule has 76 valence electrons. The number of benzene rings is 1. The molecule has 0 unspecified atom stereocenters. The van der Waals surface area contributed by atoms with Crippen LogP contribution in [0.25, 0.3) is 5.57 Å². The van der Waals surface area contributed by atoms with Gasteiger partial charge in [-0.1, -0.05) is 6.58 Å². The van der Waals surface area contributed by atoms with Crippen LogP contribution in [0.1, 0.15) is 15.9 Å². The first-order valence-electron chi connectivity index (χ1n) is 4.36. The maximum absolute atomic E-state index is 11.3. The van der Waals surface area contributed by atoms with Crippen molar-refractivity contribution >= 4 is 23.1 Å². The minimum absolute atomic E-state index is 0.230. The van der Waals surface area contributed by atoms with E-state index in [1.54, 1.807) is 18.2 Å². The number of amides is 1. The fraction of sp³-hybridized carbons (Fsp3) is 0.0909. The molecule has 1 heterocycles. The van der Waals surface area contributed by atoms with Crippen LogP contribution in [0, 0.1) is 0 Å². The highest BCUT2D eigenvalue weighted by molar-refractivity contribution is 6.31. The molecule has 0 aromatic heterocycles. The zero-order valence-corrected chi connectivity index (χ0v) is 8.16. The highest BCUT2D eigenvalue weighted by atomic mass is 16.5. The molecule has 4 heteroatoms. The predicted octanol–water partition coefficient (Wildman–Crippen LogP) is 1.44. The number of hydrogen-bond acceptors (Lipinski definition) is 3. The molecule has 1 aromatic rings. The summed E-state index contributed by atoms with van der Waals surface area (Å²) in [5.41, 5.74) is 2.12. The van der Waals surface area contributed by atoms with Crippen molar-refractivity contribution < 1.29 is 14.3 Å². The van der Waals surface area contributed by atoms with Crippen LogP contribution in [0.3, 0.4) is 0 Å². The predicted molar refractivity (Wildman–Crippen MR) is 55.4 cm³/mol. The van der Waals surface area contributed by atoms with Crippen molar-refractivity contribution in [2.75, 3.05) is 12.4 Å². The first-order valence-corrected chi connectivity index (χ1v) is 4.36. The second-order valence-electron chi connectivity index (χ2n) is 3.18. The molecule has 0 saturated carbocycles. The van der Waals surface area contributed by atoms with Crippen LogP contribution < -0.4 is 5.32 Å². The normalized spacial score (nSPS) is 13.4. The van der Waals surface area contributed by atoms with Gasteiger partial charge in [-0.25, -0.2) is 4.79 Å². The Hall–Kier alpha value is -2.10. The molecule has 4 nitrogen and oxygen atoms in total. The Balaban J connectivity index is 2.48. The zero-order valence-electron chi connectivity index (χ0n) is 8.16. The van der Waals surface area contributed by atoms with Crippen LogP contribution in [-0.2, 0) is 9.53 Å². The van der Waals surface area contributed by atoms with Gasteiger partial charge in [-0.2, -0.15) is 0 Å². The highest BCUT2D eigenvalue weighted by Gasteiger charge is 2.23. The van der Waals surface area contributed by atoms with E-state index in [0.29, 0.717) is 22.4 Å². The summed E-state index contributed by atoms with van der Waals surface area (Å²) in [6.45, 7) is 3.64. The van der Waals surface area contributed by atoms with Crippen molar-refractivity contribution in [3.05, 3.63) is 35.9 Å². The molecule has 1 aliphatic heterocycles. The highest BCUT2D eigenvalue weighted by Crippen LogP contribution is 2.31. The summed E-state index contributed by atoms with van der Waals surface area (Å²) in [5, 5.41) is 2.64. The summed E-state index contributed by atoms with van der Waals surface area (Å²) in [5.74, 6) is -0.656. The van der Waals surface area contributed by atoms with Gasteiger partial charge in [-0.3, -0.25) is 4.79 Å². The van der Waals surface area contributed by atoms with Gasteiger partial charge in [0.25, 0.3) is 5.91 Å². The minimum Gasteiger partial charge on any atom is -0.465 e. The molecule has 0 aliphatic carbocycles. The summed E-state index contributed by atoms with van der Waals surface area (Å²) >= 11 is 0. The Morgan fingerprint density at radius 3 is 2.87 bits per heavy atom. The Kier molecular flexibility index (Phi) is 2.04. The van der Waals surface area contributed by atoms with E-state index in [1.165, 1.54) is 7.11 Å². The largest absolute Gasteiger partial charge is 0.465 e. The van der Waals surface area contributed by atoms with E-state index in [4.69, 9.17) is 0 Å². The molecular weight excluding hydrogens is 194 g/mol. The average Bonchev–Trinajstić information content (AvgIpc) is 2.54. The summed E-state index contributed by atoms with van der Waals surface area (Å²) in [7, 11) is 1.31. The van der Waals surface area contributed by atoms with E-state index < -0.39 is 5.97 Å². The van der Waals surface area contributed by atoms with E-state index >= 15 is 0 Å². The Morgan fingerprint density at radius 1 is 1.47 bits per heavy atom. The van der Waals surface area contributed by atoms with Crippen molar-refractivity contribution in [3.63, 3.8) is 0 Å². The SMILES string of the molecule is C=C1C(=O)Nc2ccc(C(=O)OC)cc21. The van der Waals surface area contributed by atoms with Crippen LogP contribution in [0.15, 0.2) is 24.8 Å². The second-order valence-corrected chi connectivity index (χ2v) is 3.18. The summed E-state index contributed by atoms with van der Waals surface area (Å²) in [6.07, 6.45) is 0. The molecule has 1 aromatic carbocycles. The van der Waals surface area contributed by atoms with E-state index in [9.17, 15) is 9.59 Å². The van der Waals surface area contributed by atoms with Gasteiger partial charge in [-0.05, 0) is 18.2 Å². The lowest BCUT2D eigenvalue weighted by molar-refractivity contribution is -0.110. The topological polar surface area (TPSA) is 55.4 Å². The number of fused-ring (bicyclic) bond motifs is 1. The van der Waals surface area contributed by atoms with Gasteiger partial charge in [0.2, 0.25) is 0 Å². The van der Waals surface area contributed by atoms with Crippen LogP contribution in [-0.4, -0.2) is 19.0 Å². The molecule has 0 bridgehead atoms. The van der Waals surface area contributed by atoms with Gasteiger partial charge in [-0.15, -0.1) is 0 Å². The van der Waals surface area contributed by atoms with Crippen molar-refractivity contribution in [1.29, 1.82) is 0 Å². The monoisotopic (exact) mass is 203 g/mol. The van der Waals surface area contributed by atoms with Crippen molar-refractivity contribution in [3.8, 4) is 0 Å². The van der Waals surface area contributed by atoms with E-state index in [-0.39, 0.29) is 5.91 Å². The number of carbonyl (C=O) groups is 2. The summed E-state index contributed by atoms with van der Waals surface area (Å²) < 4.78 is 4.58. The van der Waals surface area contributed by atoms with Crippen molar-refractivity contribution in [2.45, 2.75) is 0 Å². The van der Waals surface area contributed by atoms with Crippen LogP contribution in [0.2, 0.25) is 0 Å². The molecule has 0 fully saturated rings. The van der Waals surface area contributed by atoms with Gasteiger partial charge in [0.15, 0.2) is 0 Å². The fourth-order valence-corrected chi connectivity index (χ4v) is 1.47. The zero-order chi connectivity index (χ0) is 11.0. The Bertz CT molecular complexity index is 477. The van der Waals surface area contributed by atoms with Gasteiger partial charge in [0.05, 0.1) is 12.7 Å². The number of rotatable bonds is 1. The minimum atomic E-state index is -0.426. The van der Waals surface area contributed by atoms with Gasteiger partial charge in [0.1, 0.15) is 0 Å². The molecular formula is C11H9NO3. The van der Waals surface area contributed by atoms with Gasteiger partial charge in [0, 0.05) is 16.8 Å². The number of methoxy groups -OCH3 is 1. The quantitative estimate of drug-likeness (QED) is 0.555. The third-order valence-corrected chi connectivity index (χ3v) is 2.29. The van der Waals surface area contributed by atoms with Gasteiger partial charge < -0.3 is 10.1 Å². The summed E-state index contributed by atoms with van der Waals surface area (Å²) in [4.78, 5) is 22.5. The van der Waals surface area contributed by atoms with Crippen LogP contribution >= 0.6 is 0 Å². The number of nitrogens with one attached hydrogen (secondary N) is 1. The molecule has 0 spiro atoms. The Morgan fingerprint density at radius 2 is 2.20 bits per heavy atom.